The highest BCUT2D eigenvalue weighted by atomic mass is 19.1. The number of carboxylic acid groups (broad SMARTS) is 3. The molecular formula is C10H9FN2O9. The van der Waals surface area contributed by atoms with Crippen LogP contribution in [0.4, 0.5) is 9.18 Å². The van der Waals surface area contributed by atoms with Crippen LogP contribution in [-0.2, 0) is 19.2 Å². The summed E-state index contributed by atoms with van der Waals surface area (Å²) >= 11 is 0. The Hall–Kier alpha value is -2.89. The van der Waals surface area contributed by atoms with Gasteiger partial charge in [-0.05, 0) is 0 Å². The number of imide groups is 1. The monoisotopic (exact) mass is 320 g/mol. The number of nitrogens with one attached hydrogen (secondary N) is 1. The molecule has 120 valence electrons. The molecule has 3 atom stereocenters. The van der Waals surface area contributed by atoms with Gasteiger partial charge in [0.25, 0.3) is 5.91 Å². The third-order valence-electron chi connectivity index (χ3n) is 2.87. The van der Waals surface area contributed by atoms with Crippen LogP contribution in [0, 0.1) is 5.92 Å². The second-order valence-corrected chi connectivity index (χ2v) is 4.36. The zero-order valence-electron chi connectivity index (χ0n) is 10.5. The number of nitrogens with zero attached hydrogens (tertiary/aromatic N) is 1. The molecule has 1 heterocycles. The first-order valence-corrected chi connectivity index (χ1v) is 5.45. The second kappa shape index (κ2) is 5.48. The maximum Gasteiger partial charge on any atom is 0.347 e. The number of aliphatic hydroxyl groups is 1. The van der Waals surface area contributed by atoms with Gasteiger partial charge in [-0.25, -0.2) is 19.0 Å². The molecule has 0 fully saturated rings. The Kier molecular flexibility index (Phi) is 4.27. The van der Waals surface area contributed by atoms with Crippen molar-refractivity contribution in [2.24, 2.45) is 10.9 Å². The van der Waals surface area contributed by atoms with Gasteiger partial charge in [0, 0.05) is 0 Å². The summed E-state index contributed by atoms with van der Waals surface area (Å²) in [6, 6.07) is -1.33. The molecule has 0 bridgehead atoms. The van der Waals surface area contributed by atoms with Crippen molar-refractivity contribution < 1.29 is 48.8 Å². The van der Waals surface area contributed by atoms with Crippen molar-refractivity contribution in [3.63, 3.8) is 0 Å². The Labute approximate surface area is 120 Å². The Balaban J connectivity index is 3.51. The lowest BCUT2D eigenvalue weighted by Gasteiger charge is -2.36. The highest BCUT2D eigenvalue weighted by Crippen LogP contribution is 2.35. The van der Waals surface area contributed by atoms with E-state index < -0.39 is 53.5 Å². The quantitative estimate of drug-likeness (QED) is 0.368. The second-order valence-electron chi connectivity index (χ2n) is 4.36. The fourth-order valence-corrected chi connectivity index (χ4v) is 1.91. The van der Waals surface area contributed by atoms with Crippen molar-refractivity contribution in [1.29, 1.82) is 0 Å². The molecule has 0 aromatic carbocycles. The number of halogens is 1. The van der Waals surface area contributed by atoms with Crippen LogP contribution in [-0.4, -0.2) is 67.8 Å². The van der Waals surface area contributed by atoms with Crippen LogP contribution in [0.25, 0.3) is 0 Å². The molecule has 0 aromatic heterocycles. The molecular weight excluding hydrogens is 311 g/mol. The largest absolute Gasteiger partial charge is 0.481 e. The van der Waals surface area contributed by atoms with E-state index >= 15 is 0 Å². The highest BCUT2D eigenvalue weighted by molar-refractivity contribution is 6.17. The molecule has 1 rings (SSSR count). The molecule has 0 saturated carbocycles. The van der Waals surface area contributed by atoms with Gasteiger partial charge in [-0.3, -0.25) is 19.7 Å². The minimum atomic E-state index is -3.75. The zero-order valence-corrected chi connectivity index (χ0v) is 10.5. The summed E-state index contributed by atoms with van der Waals surface area (Å²) in [4.78, 5) is 58.0. The normalized spacial score (nSPS) is 25.0. The van der Waals surface area contributed by atoms with E-state index in [1.54, 1.807) is 0 Å². The summed E-state index contributed by atoms with van der Waals surface area (Å²) in [7, 11) is 0. The van der Waals surface area contributed by atoms with Gasteiger partial charge in [-0.15, -0.1) is 0 Å². The number of carbonyl (C=O) groups is 5. The Morgan fingerprint density at radius 1 is 1.32 bits per heavy atom. The number of carboxylic acids is 3. The van der Waals surface area contributed by atoms with Gasteiger partial charge in [0.1, 0.15) is 5.92 Å². The molecule has 0 spiro atoms. The molecule has 0 radical (unpaired) electrons. The van der Waals surface area contributed by atoms with E-state index in [0.717, 1.165) is 0 Å². The first kappa shape index (κ1) is 17.2. The average molecular weight is 320 g/mol. The smallest absolute Gasteiger partial charge is 0.347 e. The van der Waals surface area contributed by atoms with Crippen molar-refractivity contribution >= 4 is 36.1 Å². The van der Waals surface area contributed by atoms with Crippen LogP contribution in [0.1, 0.15) is 6.42 Å². The van der Waals surface area contributed by atoms with Crippen LogP contribution >= 0.6 is 0 Å². The number of amides is 3. The van der Waals surface area contributed by atoms with Crippen molar-refractivity contribution in [2.75, 3.05) is 0 Å². The summed E-state index contributed by atoms with van der Waals surface area (Å²) in [6.07, 6.45) is -1.79. The van der Waals surface area contributed by atoms with E-state index in [-0.39, 0.29) is 6.21 Å². The van der Waals surface area contributed by atoms with Gasteiger partial charge in [0.05, 0.1) is 12.6 Å². The predicted octanol–water partition coefficient (Wildman–Crippen LogP) is -1.99. The fraction of sp³-hybridized carbons (Fsp3) is 0.400. The number of urea groups is 1. The number of rotatable bonds is 6. The van der Waals surface area contributed by atoms with E-state index in [0.29, 0.717) is 0 Å². The maximum atomic E-state index is 14.6. The lowest BCUT2D eigenvalue weighted by Crippen LogP contribution is -2.65. The van der Waals surface area contributed by atoms with E-state index in [4.69, 9.17) is 15.3 Å². The van der Waals surface area contributed by atoms with Crippen LogP contribution < -0.4 is 5.32 Å². The summed E-state index contributed by atoms with van der Waals surface area (Å²) in [5.74, 6) is -11.6. The minimum absolute atomic E-state index is 0.0806. The topological polar surface area (TPSA) is 191 Å². The molecule has 5 N–H and O–H groups in total. The van der Waals surface area contributed by atoms with Gasteiger partial charge in [-0.1, -0.05) is 0 Å². The van der Waals surface area contributed by atoms with Gasteiger partial charge in [0.15, 0.2) is 5.60 Å². The lowest BCUT2D eigenvalue weighted by molar-refractivity contribution is -0.187. The SMILES string of the molecule is O=C(O)CC(O)(C(=O)O)C(C(=O)O)C1(F)C=NC(=O)NC1=O. The van der Waals surface area contributed by atoms with Crippen molar-refractivity contribution in [3.05, 3.63) is 0 Å². The standard InChI is InChI=1S/C10H9FN2O9/c11-9(2-12-8(21)13-6(9)18)4(5(16)17)10(22,7(19)20)1-3(14)15/h2,4,22H,1H2,(H,14,15)(H,16,17)(H,19,20)(H,13,18,21). The molecule has 1 aliphatic rings. The molecule has 11 nitrogen and oxygen atoms in total. The molecule has 0 aromatic rings. The molecule has 3 amide bonds. The molecule has 22 heavy (non-hydrogen) atoms. The van der Waals surface area contributed by atoms with Crippen molar-refractivity contribution in [2.45, 2.75) is 17.7 Å². The van der Waals surface area contributed by atoms with Crippen LogP contribution in [0.3, 0.4) is 0 Å². The van der Waals surface area contributed by atoms with Crippen molar-refractivity contribution in [1.82, 2.24) is 5.32 Å². The van der Waals surface area contributed by atoms with E-state index in [9.17, 15) is 33.5 Å². The summed E-state index contributed by atoms with van der Waals surface area (Å²) in [6.45, 7) is 0. The van der Waals surface area contributed by atoms with E-state index in [1.165, 1.54) is 5.32 Å². The van der Waals surface area contributed by atoms with Gasteiger partial charge in [0.2, 0.25) is 5.67 Å². The van der Waals surface area contributed by atoms with E-state index in [2.05, 4.69) is 4.99 Å². The van der Waals surface area contributed by atoms with Gasteiger partial charge < -0.3 is 20.4 Å². The number of aliphatic imine (C=N–C) groups is 1. The highest BCUT2D eigenvalue weighted by Gasteiger charge is 2.64. The summed E-state index contributed by atoms with van der Waals surface area (Å²) in [5.41, 5.74) is -7.42. The molecule has 0 aliphatic carbocycles. The number of hydrogen-bond donors (Lipinski definition) is 5. The molecule has 3 unspecified atom stereocenters. The Morgan fingerprint density at radius 3 is 2.23 bits per heavy atom. The van der Waals surface area contributed by atoms with Gasteiger partial charge >= 0.3 is 23.9 Å². The van der Waals surface area contributed by atoms with Crippen LogP contribution in [0.5, 0.6) is 0 Å². The molecule has 1 aliphatic heterocycles. The lowest BCUT2D eigenvalue weighted by atomic mass is 9.73. The number of hydrogen-bond acceptors (Lipinski definition) is 6. The van der Waals surface area contributed by atoms with Crippen molar-refractivity contribution in [3.8, 4) is 0 Å². The third-order valence-corrected chi connectivity index (χ3v) is 2.87. The van der Waals surface area contributed by atoms with E-state index in [1.807, 2.05) is 0 Å². The first-order chi connectivity index (χ1) is 9.95. The predicted molar refractivity (Wildman–Crippen MR) is 61.8 cm³/mol. The average Bonchev–Trinajstić information content (AvgIpc) is 2.33. The fourth-order valence-electron chi connectivity index (χ4n) is 1.91. The Morgan fingerprint density at radius 2 is 1.86 bits per heavy atom. The van der Waals surface area contributed by atoms with Crippen LogP contribution in [0.2, 0.25) is 0 Å². The number of alkyl halides is 1. The zero-order chi connectivity index (χ0) is 17.3. The third kappa shape index (κ3) is 2.76. The first-order valence-electron chi connectivity index (χ1n) is 5.45. The van der Waals surface area contributed by atoms with Crippen LogP contribution in [0.15, 0.2) is 4.99 Å². The maximum absolute atomic E-state index is 14.6. The Bertz CT molecular complexity index is 603. The van der Waals surface area contributed by atoms with Gasteiger partial charge in [-0.2, -0.15) is 0 Å². The molecule has 12 heteroatoms. The summed E-state index contributed by atoms with van der Waals surface area (Å²) < 4.78 is 14.6. The number of carbonyl (C=O) groups excluding carboxylic acids is 2. The summed E-state index contributed by atoms with van der Waals surface area (Å²) in [5, 5.41) is 37.6. The molecule has 0 saturated heterocycles. The minimum Gasteiger partial charge on any atom is -0.481 e. The number of aliphatic carboxylic acids is 3.